The molecule has 1 saturated heterocycles. The first kappa shape index (κ1) is 26.9. The molecule has 5 rings (SSSR count). The summed E-state index contributed by atoms with van der Waals surface area (Å²) in [4.78, 5) is 19.3. The summed E-state index contributed by atoms with van der Waals surface area (Å²) in [6, 6.07) is 6.55. The van der Waals surface area contributed by atoms with Gasteiger partial charge in [-0.1, -0.05) is 0 Å². The van der Waals surface area contributed by atoms with Crippen LogP contribution in [0.1, 0.15) is 38.6 Å². The fourth-order valence-corrected chi connectivity index (χ4v) is 5.07. The van der Waals surface area contributed by atoms with Gasteiger partial charge in [-0.25, -0.2) is 28.7 Å². The Kier molecular flexibility index (Phi) is 7.99. The first-order chi connectivity index (χ1) is 18.8. The lowest BCUT2D eigenvalue weighted by Crippen LogP contribution is -2.37. The number of rotatable bonds is 9. The smallest absolute Gasteiger partial charge is 0.229 e. The monoisotopic (exact) mass is 537 g/mol. The molecule has 0 spiro atoms. The highest BCUT2D eigenvalue weighted by atomic mass is 19.1. The molecule has 0 aliphatic carbocycles. The van der Waals surface area contributed by atoms with Crippen LogP contribution in [0.3, 0.4) is 0 Å². The Balaban J connectivity index is 1.27. The Morgan fingerprint density at radius 1 is 1.08 bits per heavy atom. The van der Waals surface area contributed by atoms with E-state index in [0.29, 0.717) is 41.0 Å². The molecule has 4 aromatic rings. The Labute approximate surface area is 225 Å². The first-order valence-corrected chi connectivity index (χ1v) is 13.2. The van der Waals surface area contributed by atoms with E-state index in [9.17, 15) is 8.78 Å². The van der Waals surface area contributed by atoms with Gasteiger partial charge >= 0.3 is 0 Å². The van der Waals surface area contributed by atoms with E-state index in [1.807, 2.05) is 25.3 Å². The number of pyridine rings is 1. The molecule has 1 fully saturated rings. The van der Waals surface area contributed by atoms with Crippen LogP contribution in [0.15, 0.2) is 36.7 Å². The molecule has 1 aliphatic rings. The van der Waals surface area contributed by atoms with Gasteiger partial charge in [0.15, 0.2) is 11.6 Å². The van der Waals surface area contributed by atoms with Gasteiger partial charge in [-0.2, -0.15) is 0 Å². The van der Waals surface area contributed by atoms with Crippen LogP contribution in [0.5, 0.6) is 5.75 Å². The highest BCUT2D eigenvalue weighted by Crippen LogP contribution is 2.30. The third-order valence-corrected chi connectivity index (χ3v) is 7.04. The molecule has 0 bridgehead atoms. The van der Waals surface area contributed by atoms with Crippen LogP contribution in [-0.2, 0) is 0 Å². The number of aryl methyl sites for hydroxylation is 1. The zero-order chi connectivity index (χ0) is 27.5. The zero-order valence-electron chi connectivity index (χ0n) is 22.4. The summed E-state index contributed by atoms with van der Waals surface area (Å²) in [5.74, 6) is 1.21. The molecule has 0 unspecified atom stereocenters. The van der Waals surface area contributed by atoms with Crippen LogP contribution in [0.2, 0.25) is 0 Å². The molecule has 2 N–H and O–H groups in total. The predicted octanol–water partition coefficient (Wildman–Crippen LogP) is 4.88. The van der Waals surface area contributed by atoms with Gasteiger partial charge in [0.05, 0.1) is 31.1 Å². The maximum atomic E-state index is 14.9. The lowest BCUT2D eigenvalue weighted by molar-refractivity contribution is 0.122. The highest BCUT2D eigenvalue weighted by molar-refractivity contribution is 5.83. The molecule has 39 heavy (non-hydrogen) atoms. The number of anilines is 2. The molecule has 11 heteroatoms. The lowest BCUT2D eigenvalue weighted by atomic mass is 9.98. The van der Waals surface area contributed by atoms with Gasteiger partial charge in [-0.3, -0.25) is 0 Å². The van der Waals surface area contributed by atoms with E-state index < -0.39 is 11.6 Å². The summed E-state index contributed by atoms with van der Waals surface area (Å²) in [7, 11) is 0. The van der Waals surface area contributed by atoms with E-state index >= 15 is 0 Å². The summed E-state index contributed by atoms with van der Waals surface area (Å²) in [5, 5.41) is 12.1. The number of β-amino-alcohol motifs (C(OH)–C–C–N with tert-alkyl or cyclic N) is 1. The minimum atomic E-state index is -0.662. The average molecular weight is 538 g/mol. The number of imidazole rings is 1. The summed E-state index contributed by atoms with van der Waals surface area (Å²) in [5.41, 5.74) is 1.10. The number of ether oxygens (including phenoxy) is 1. The molecule has 0 amide bonds. The van der Waals surface area contributed by atoms with Gasteiger partial charge in [-0.15, -0.1) is 0 Å². The maximum absolute atomic E-state index is 14.9. The van der Waals surface area contributed by atoms with Crippen molar-refractivity contribution in [3.05, 3.63) is 54.1 Å². The second-order valence-corrected chi connectivity index (χ2v) is 10.2. The van der Waals surface area contributed by atoms with Gasteiger partial charge in [0.2, 0.25) is 5.95 Å². The van der Waals surface area contributed by atoms with Crippen LogP contribution in [-0.4, -0.2) is 67.4 Å². The number of aromatic nitrogens is 5. The molecule has 4 heterocycles. The number of fused-ring (bicyclic) bond motifs is 1. The van der Waals surface area contributed by atoms with Crippen molar-refractivity contribution in [1.82, 2.24) is 29.4 Å². The summed E-state index contributed by atoms with van der Waals surface area (Å²) >= 11 is 0. The van der Waals surface area contributed by atoms with Gasteiger partial charge < -0.3 is 24.6 Å². The number of halogens is 2. The van der Waals surface area contributed by atoms with Crippen molar-refractivity contribution in [2.75, 3.05) is 38.2 Å². The molecular formula is C28H33F2N7O2. The number of aliphatic hydroxyl groups is 1. The zero-order valence-corrected chi connectivity index (χ0v) is 22.4. The molecule has 0 radical (unpaired) electrons. The van der Waals surface area contributed by atoms with E-state index in [1.54, 1.807) is 24.4 Å². The van der Waals surface area contributed by atoms with E-state index in [4.69, 9.17) is 9.84 Å². The van der Waals surface area contributed by atoms with Crippen LogP contribution in [0.4, 0.5) is 20.5 Å². The normalized spacial score (nSPS) is 14.8. The van der Waals surface area contributed by atoms with Crippen LogP contribution in [0, 0.1) is 24.5 Å². The third kappa shape index (κ3) is 5.99. The molecule has 0 saturated carbocycles. The number of hydrogen-bond donors (Lipinski definition) is 2. The number of aliphatic hydroxyl groups excluding tert-OH is 1. The number of benzene rings is 1. The quantitative estimate of drug-likeness (QED) is 0.312. The Hall–Kier alpha value is -3.70. The molecule has 3 aromatic heterocycles. The minimum absolute atomic E-state index is 0.0209. The fraction of sp³-hybridized carbons (Fsp3) is 0.429. The van der Waals surface area contributed by atoms with Gasteiger partial charge in [0.25, 0.3) is 0 Å². The number of nitrogens with one attached hydrogen (secondary N) is 1. The number of piperidine rings is 1. The molecular weight excluding hydrogens is 504 g/mol. The molecule has 1 aliphatic heterocycles. The number of nitrogens with zero attached hydrogens (tertiary/aromatic N) is 6. The molecule has 0 atom stereocenters. The van der Waals surface area contributed by atoms with E-state index in [0.717, 1.165) is 38.7 Å². The van der Waals surface area contributed by atoms with Crippen LogP contribution in [0.25, 0.3) is 22.3 Å². The molecule has 206 valence electrons. The predicted molar refractivity (Wildman–Crippen MR) is 145 cm³/mol. The van der Waals surface area contributed by atoms with Crippen molar-refractivity contribution in [3.8, 4) is 17.0 Å². The summed E-state index contributed by atoms with van der Waals surface area (Å²) in [6.45, 7) is 9.25. The third-order valence-electron chi connectivity index (χ3n) is 7.04. The van der Waals surface area contributed by atoms with Crippen molar-refractivity contribution in [3.63, 3.8) is 0 Å². The standard InChI is InChI=1S/C28H33F2N7O2/c1-17(2)37-18(3)33-27-22(29)12-20(13-24(27)37)26-23(30)15-32-28(35-26)34-25-5-4-21(14-31-25)39-16-19-6-8-36(9-7-19)10-11-38/h4-5,12-15,17,19,38H,6-11,16H2,1-3H3,(H,31,32,34,35). The number of likely N-dealkylation sites (tertiary alicyclic amines) is 1. The van der Waals surface area contributed by atoms with Crippen molar-refractivity contribution in [1.29, 1.82) is 0 Å². The Bertz CT molecular complexity index is 1430. The Morgan fingerprint density at radius 3 is 2.56 bits per heavy atom. The average Bonchev–Trinajstić information content (AvgIpc) is 3.27. The van der Waals surface area contributed by atoms with E-state index in [-0.39, 0.29) is 29.8 Å². The lowest BCUT2D eigenvalue weighted by Gasteiger charge is -2.31. The second kappa shape index (κ2) is 11.6. The minimum Gasteiger partial charge on any atom is -0.492 e. The van der Waals surface area contributed by atoms with Crippen molar-refractivity contribution < 1.29 is 18.6 Å². The van der Waals surface area contributed by atoms with Crippen molar-refractivity contribution in [2.24, 2.45) is 5.92 Å². The molecule has 9 nitrogen and oxygen atoms in total. The van der Waals surface area contributed by atoms with E-state index in [2.05, 4.69) is 30.2 Å². The largest absolute Gasteiger partial charge is 0.492 e. The van der Waals surface area contributed by atoms with Crippen LogP contribution >= 0.6 is 0 Å². The number of hydrogen-bond acceptors (Lipinski definition) is 8. The Morgan fingerprint density at radius 2 is 1.87 bits per heavy atom. The van der Waals surface area contributed by atoms with Gasteiger partial charge in [0, 0.05) is 18.2 Å². The topological polar surface area (TPSA) is 101 Å². The summed E-state index contributed by atoms with van der Waals surface area (Å²) in [6.07, 6.45) is 4.74. The van der Waals surface area contributed by atoms with Gasteiger partial charge in [-0.05, 0) is 76.9 Å². The molecule has 1 aromatic carbocycles. The fourth-order valence-electron chi connectivity index (χ4n) is 5.07. The van der Waals surface area contributed by atoms with Crippen LogP contribution < -0.4 is 10.1 Å². The van der Waals surface area contributed by atoms with E-state index in [1.165, 1.54) is 6.07 Å². The first-order valence-electron chi connectivity index (χ1n) is 13.2. The van der Waals surface area contributed by atoms with Crippen molar-refractivity contribution >= 4 is 22.8 Å². The van der Waals surface area contributed by atoms with Crippen molar-refractivity contribution in [2.45, 2.75) is 39.7 Å². The van der Waals surface area contributed by atoms with Gasteiger partial charge in [0.1, 0.15) is 28.6 Å². The summed E-state index contributed by atoms with van der Waals surface area (Å²) < 4.78 is 37.6. The highest BCUT2D eigenvalue weighted by Gasteiger charge is 2.20. The maximum Gasteiger partial charge on any atom is 0.229 e. The SMILES string of the molecule is Cc1nc2c(F)cc(-c3nc(Nc4ccc(OCC5CCN(CCO)CC5)cn4)ncc3F)cc2n1C(C)C. The second-order valence-electron chi connectivity index (χ2n) is 10.2.